The summed E-state index contributed by atoms with van der Waals surface area (Å²) in [5.41, 5.74) is 0.574. The summed E-state index contributed by atoms with van der Waals surface area (Å²) < 4.78 is 1.39. The number of aromatic carboxylic acids is 1. The molecular formula is C10H6Cl2N2O2. The first kappa shape index (κ1) is 11.0. The van der Waals surface area contributed by atoms with Gasteiger partial charge in [-0.1, -0.05) is 23.2 Å². The van der Waals surface area contributed by atoms with E-state index in [2.05, 4.69) is 4.98 Å². The van der Waals surface area contributed by atoms with Crippen LogP contribution in [0.1, 0.15) is 10.5 Å². The largest absolute Gasteiger partial charge is 0.476 e. The molecule has 2 rings (SSSR count). The Morgan fingerprint density at radius 2 is 1.88 bits per heavy atom. The Balaban J connectivity index is 2.56. The van der Waals surface area contributed by atoms with Gasteiger partial charge >= 0.3 is 5.97 Å². The summed E-state index contributed by atoms with van der Waals surface area (Å²) in [7, 11) is 0. The molecule has 0 amide bonds. The third kappa shape index (κ3) is 1.89. The van der Waals surface area contributed by atoms with Crippen molar-refractivity contribution in [2.75, 3.05) is 0 Å². The van der Waals surface area contributed by atoms with E-state index in [4.69, 9.17) is 28.3 Å². The van der Waals surface area contributed by atoms with Crippen LogP contribution in [0.4, 0.5) is 0 Å². The Morgan fingerprint density at radius 1 is 1.25 bits per heavy atom. The maximum absolute atomic E-state index is 11.0. The molecule has 82 valence electrons. The Bertz CT molecular complexity index is 534. The Hall–Kier alpha value is -1.52. The second kappa shape index (κ2) is 4.15. The van der Waals surface area contributed by atoms with Crippen LogP contribution in [0.5, 0.6) is 0 Å². The maximum atomic E-state index is 11.0. The molecule has 0 fully saturated rings. The summed E-state index contributed by atoms with van der Waals surface area (Å²) >= 11 is 11.4. The molecule has 2 aromatic rings. The van der Waals surface area contributed by atoms with E-state index >= 15 is 0 Å². The van der Waals surface area contributed by atoms with Gasteiger partial charge < -0.3 is 5.11 Å². The van der Waals surface area contributed by atoms with Crippen LogP contribution in [-0.4, -0.2) is 20.6 Å². The molecule has 0 bridgehead atoms. The number of halogens is 2. The molecule has 0 radical (unpaired) electrons. The number of benzene rings is 1. The number of hydrogen-bond donors (Lipinski definition) is 1. The summed E-state index contributed by atoms with van der Waals surface area (Å²) in [6.07, 6.45) is 1.36. The summed E-state index contributed by atoms with van der Waals surface area (Å²) in [5.74, 6) is -1.13. The van der Waals surface area contributed by atoms with Gasteiger partial charge in [-0.3, -0.25) is 4.57 Å². The van der Waals surface area contributed by atoms with Crippen molar-refractivity contribution in [2.45, 2.75) is 0 Å². The number of rotatable bonds is 2. The van der Waals surface area contributed by atoms with E-state index in [1.54, 1.807) is 24.3 Å². The first-order valence-corrected chi connectivity index (χ1v) is 5.07. The highest BCUT2D eigenvalue weighted by molar-refractivity contribution is 6.32. The Morgan fingerprint density at radius 3 is 2.44 bits per heavy atom. The van der Waals surface area contributed by atoms with Crippen LogP contribution in [0.2, 0.25) is 10.2 Å². The second-order valence-electron chi connectivity index (χ2n) is 3.04. The fourth-order valence-electron chi connectivity index (χ4n) is 1.32. The fourth-order valence-corrected chi connectivity index (χ4v) is 1.66. The molecule has 0 aliphatic carbocycles. The van der Waals surface area contributed by atoms with E-state index in [-0.39, 0.29) is 10.8 Å². The van der Waals surface area contributed by atoms with E-state index in [1.165, 1.54) is 10.9 Å². The molecule has 1 N–H and O–H groups in total. The molecule has 0 aliphatic heterocycles. The van der Waals surface area contributed by atoms with Crippen LogP contribution in [-0.2, 0) is 0 Å². The van der Waals surface area contributed by atoms with Gasteiger partial charge in [0.15, 0.2) is 10.8 Å². The predicted molar refractivity (Wildman–Crippen MR) is 60.5 cm³/mol. The van der Waals surface area contributed by atoms with Crippen LogP contribution < -0.4 is 0 Å². The molecule has 0 saturated heterocycles. The second-order valence-corrected chi connectivity index (χ2v) is 3.83. The zero-order chi connectivity index (χ0) is 11.7. The minimum atomic E-state index is -1.13. The van der Waals surface area contributed by atoms with E-state index in [0.29, 0.717) is 10.7 Å². The average molecular weight is 257 g/mol. The topological polar surface area (TPSA) is 55.1 Å². The van der Waals surface area contributed by atoms with Gasteiger partial charge in [0, 0.05) is 10.7 Å². The maximum Gasteiger partial charge on any atom is 0.356 e. The number of nitrogens with zero attached hydrogens (tertiary/aromatic N) is 2. The molecule has 1 aromatic heterocycles. The van der Waals surface area contributed by atoms with Crippen molar-refractivity contribution in [3.63, 3.8) is 0 Å². The fraction of sp³-hybridized carbons (Fsp3) is 0. The molecule has 6 heteroatoms. The smallest absolute Gasteiger partial charge is 0.356 e. The van der Waals surface area contributed by atoms with Gasteiger partial charge in [0.25, 0.3) is 0 Å². The van der Waals surface area contributed by atoms with Crippen molar-refractivity contribution in [1.29, 1.82) is 0 Å². The van der Waals surface area contributed by atoms with Crippen LogP contribution in [0, 0.1) is 0 Å². The molecule has 4 nitrogen and oxygen atoms in total. The van der Waals surface area contributed by atoms with Gasteiger partial charge in [0.2, 0.25) is 0 Å². The third-order valence-electron chi connectivity index (χ3n) is 2.03. The Kier molecular flexibility index (Phi) is 2.85. The summed E-state index contributed by atoms with van der Waals surface area (Å²) in [4.78, 5) is 14.7. The molecule has 0 atom stereocenters. The highest BCUT2D eigenvalue weighted by atomic mass is 35.5. The lowest BCUT2D eigenvalue weighted by molar-refractivity contribution is 0.0688. The number of aromatic nitrogens is 2. The van der Waals surface area contributed by atoms with Crippen LogP contribution in [0.25, 0.3) is 5.69 Å². The lowest BCUT2D eigenvalue weighted by Crippen LogP contribution is -2.06. The van der Waals surface area contributed by atoms with E-state index in [9.17, 15) is 4.79 Å². The van der Waals surface area contributed by atoms with Crippen molar-refractivity contribution >= 4 is 29.2 Å². The van der Waals surface area contributed by atoms with Gasteiger partial charge in [0.05, 0.1) is 0 Å². The zero-order valence-electron chi connectivity index (χ0n) is 7.89. The summed E-state index contributed by atoms with van der Waals surface area (Å²) in [5, 5.41) is 9.52. The molecule has 16 heavy (non-hydrogen) atoms. The number of carbonyl (C=O) groups is 1. The minimum Gasteiger partial charge on any atom is -0.476 e. The highest BCUT2D eigenvalue weighted by Gasteiger charge is 2.17. The van der Waals surface area contributed by atoms with Crippen molar-refractivity contribution in [1.82, 2.24) is 9.55 Å². The zero-order valence-corrected chi connectivity index (χ0v) is 9.40. The van der Waals surface area contributed by atoms with Crippen LogP contribution >= 0.6 is 23.2 Å². The molecule has 0 spiro atoms. The SMILES string of the molecule is O=C(O)c1c(Cl)ncn1-c1ccc(Cl)cc1. The van der Waals surface area contributed by atoms with E-state index in [0.717, 1.165) is 0 Å². The third-order valence-corrected chi connectivity index (χ3v) is 2.56. The molecule has 0 aliphatic rings. The minimum absolute atomic E-state index is 0.0394. The van der Waals surface area contributed by atoms with Crippen molar-refractivity contribution in [2.24, 2.45) is 0 Å². The van der Waals surface area contributed by atoms with Gasteiger partial charge in [-0.25, -0.2) is 9.78 Å². The molecule has 0 saturated carbocycles. The molecule has 1 heterocycles. The van der Waals surface area contributed by atoms with Gasteiger partial charge in [-0.15, -0.1) is 0 Å². The van der Waals surface area contributed by atoms with Crippen LogP contribution in [0.15, 0.2) is 30.6 Å². The summed E-state index contributed by atoms with van der Waals surface area (Å²) in [6, 6.07) is 6.70. The van der Waals surface area contributed by atoms with Crippen LogP contribution in [0.3, 0.4) is 0 Å². The molecule has 0 unspecified atom stereocenters. The molecule has 1 aromatic carbocycles. The standard InChI is InChI=1S/C10H6Cl2N2O2/c11-6-1-3-7(4-2-6)14-5-13-9(12)8(14)10(15)16/h1-5H,(H,15,16). The van der Waals surface area contributed by atoms with E-state index < -0.39 is 5.97 Å². The normalized spacial score (nSPS) is 10.4. The quantitative estimate of drug-likeness (QED) is 0.899. The van der Waals surface area contributed by atoms with Gasteiger partial charge in [-0.05, 0) is 24.3 Å². The van der Waals surface area contributed by atoms with Gasteiger partial charge in [0.1, 0.15) is 6.33 Å². The first-order chi connectivity index (χ1) is 7.59. The van der Waals surface area contributed by atoms with Crippen molar-refractivity contribution < 1.29 is 9.90 Å². The molecular weight excluding hydrogens is 251 g/mol. The number of carboxylic acid groups (broad SMARTS) is 1. The number of carboxylic acids is 1. The van der Waals surface area contributed by atoms with E-state index in [1.807, 2.05) is 0 Å². The monoisotopic (exact) mass is 256 g/mol. The summed E-state index contributed by atoms with van der Waals surface area (Å²) in [6.45, 7) is 0. The van der Waals surface area contributed by atoms with Crippen molar-refractivity contribution in [3.8, 4) is 5.69 Å². The van der Waals surface area contributed by atoms with Crippen molar-refractivity contribution in [3.05, 3.63) is 46.5 Å². The lowest BCUT2D eigenvalue weighted by atomic mass is 10.3. The number of imidazole rings is 1. The number of hydrogen-bond acceptors (Lipinski definition) is 2. The lowest BCUT2D eigenvalue weighted by Gasteiger charge is -2.04. The van der Waals surface area contributed by atoms with Gasteiger partial charge in [-0.2, -0.15) is 0 Å². The predicted octanol–water partition coefficient (Wildman–Crippen LogP) is 2.88. The average Bonchev–Trinajstić information content (AvgIpc) is 2.61. The Labute approximate surface area is 101 Å². The first-order valence-electron chi connectivity index (χ1n) is 4.31. The highest BCUT2D eigenvalue weighted by Crippen LogP contribution is 2.20.